The molecule has 0 spiro atoms. The third-order valence-electron chi connectivity index (χ3n) is 3.26. The molecule has 2 aromatic rings. The van der Waals surface area contributed by atoms with E-state index in [1.165, 1.54) is 17.9 Å². The van der Waals surface area contributed by atoms with Crippen molar-refractivity contribution in [3.05, 3.63) is 56.3 Å². The first-order valence-corrected chi connectivity index (χ1v) is 7.40. The Labute approximate surface area is 127 Å². The van der Waals surface area contributed by atoms with Crippen LogP contribution in [0.5, 0.6) is 0 Å². The lowest BCUT2D eigenvalue weighted by atomic mass is 10.1. The van der Waals surface area contributed by atoms with E-state index in [4.69, 9.17) is 0 Å². The monoisotopic (exact) mass is 304 g/mol. The van der Waals surface area contributed by atoms with E-state index in [1.807, 2.05) is 29.5 Å². The molecule has 21 heavy (non-hydrogen) atoms. The lowest BCUT2D eigenvalue weighted by Gasteiger charge is -2.19. The van der Waals surface area contributed by atoms with Gasteiger partial charge in [-0.05, 0) is 36.9 Å². The summed E-state index contributed by atoms with van der Waals surface area (Å²) in [6.07, 6.45) is 0.833. The molecule has 0 bridgehead atoms. The molecule has 5 nitrogen and oxygen atoms in total. The van der Waals surface area contributed by atoms with Gasteiger partial charge < -0.3 is 4.90 Å². The van der Waals surface area contributed by atoms with Gasteiger partial charge in [0.25, 0.3) is 5.69 Å². The van der Waals surface area contributed by atoms with E-state index in [0.29, 0.717) is 17.8 Å². The minimum Gasteiger partial charge on any atom is -0.369 e. The van der Waals surface area contributed by atoms with Crippen molar-refractivity contribution in [2.45, 2.75) is 13.3 Å². The number of likely N-dealkylation sites (N-methyl/N-ethyl adjacent to an activating group) is 1. The molecule has 1 aromatic heterocycles. The van der Waals surface area contributed by atoms with Crippen LogP contribution < -0.4 is 4.90 Å². The third kappa shape index (κ3) is 3.66. The number of nitrogens with zero attached hydrogens (tertiary/aromatic N) is 2. The molecule has 110 valence electrons. The van der Waals surface area contributed by atoms with Crippen LogP contribution in [0.3, 0.4) is 0 Å². The maximum Gasteiger partial charge on any atom is 0.293 e. The van der Waals surface area contributed by atoms with E-state index in [2.05, 4.69) is 0 Å². The number of anilines is 1. The number of carbonyl (C=O) groups excluding carboxylic acids is 1. The molecule has 1 heterocycles. The van der Waals surface area contributed by atoms with Crippen molar-refractivity contribution in [3.63, 3.8) is 0 Å². The largest absolute Gasteiger partial charge is 0.369 e. The fourth-order valence-corrected chi connectivity index (χ4v) is 2.76. The number of thiophene rings is 1. The molecule has 6 heteroatoms. The first-order valence-electron chi connectivity index (χ1n) is 6.52. The van der Waals surface area contributed by atoms with Gasteiger partial charge in [0.1, 0.15) is 5.69 Å². The number of nitro benzene ring substituents is 1. The van der Waals surface area contributed by atoms with E-state index in [1.54, 1.807) is 23.5 Å². The standard InChI is InChI=1S/C15H16N2O3S/c1-11(18)12-5-6-14(15(10-12)17(19)20)16(2)8-7-13-4-3-9-21-13/h3-6,9-10H,7-8H2,1-2H3. The Bertz CT molecular complexity index is 653. The van der Waals surface area contributed by atoms with Crippen LogP contribution in [0.15, 0.2) is 35.7 Å². The predicted octanol–water partition coefficient (Wildman–Crippen LogP) is 3.54. The summed E-state index contributed by atoms with van der Waals surface area (Å²) >= 11 is 1.67. The Kier molecular flexibility index (Phi) is 4.70. The van der Waals surface area contributed by atoms with Crippen molar-refractivity contribution >= 4 is 28.5 Å². The minimum atomic E-state index is -0.441. The van der Waals surface area contributed by atoms with Gasteiger partial charge in [0.2, 0.25) is 0 Å². The van der Waals surface area contributed by atoms with Crippen LogP contribution >= 0.6 is 11.3 Å². The molecule has 0 saturated heterocycles. The molecule has 0 fully saturated rings. The number of nitro groups is 1. The molecule has 0 atom stereocenters. The Morgan fingerprint density at radius 1 is 1.38 bits per heavy atom. The Balaban J connectivity index is 2.21. The van der Waals surface area contributed by atoms with Crippen LogP contribution in [0.25, 0.3) is 0 Å². The average Bonchev–Trinajstić information content (AvgIpc) is 2.97. The van der Waals surface area contributed by atoms with Gasteiger partial charge in [-0.15, -0.1) is 11.3 Å². The van der Waals surface area contributed by atoms with E-state index in [0.717, 1.165) is 6.42 Å². The highest BCUT2D eigenvalue weighted by Gasteiger charge is 2.19. The zero-order chi connectivity index (χ0) is 15.4. The summed E-state index contributed by atoms with van der Waals surface area (Å²) < 4.78 is 0. The average molecular weight is 304 g/mol. The normalized spacial score (nSPS) is 10.4. The van der Waals surface area contributed by atoms with Gasteiger partial charge in [0, 0.05) is 30.1 Å². The molecule has 0 aliphatic carbocycles. The number of hydrogen-bond acceptors (Lipinski definition) is 5. The number of carbonyl (C=O) groups is 1. The van der Waals surface area contributed by atoms with Crippen molar-refractivity contribution in [1.82, 2.24) is 0 Å². The van der Waals surface area contributed by atoms with Crippen molar-refractivity contribution < 1.29 is 9.72 Å². The van der Waals surface area contributed by atoms with Gasteiger partial charge in [-0.25, -0.2) is 0 Å². The van der Waals surface area contributed by atoms with Crippen LogP contribution in [0.1, 0.15) is 22.2 Å². The molecule has 0 radical (unpaired) electrons. The first kappa shape index (κ1) is 15.2. The van der Waals surface area contributed by atoms with E-state index < -0.39 is 4.92 Å². The van der Waals surface area contributed by atoms with Crippen molar-refractivity contribution in [3.8, 4) is 0 Å². The summed E-state index contributed by atoms with van der Waals surface area (Å²) in [5.74, 6) is -0.175. The number of rotatable bonds is 6. The fourth-order valence-electron chi connectivity index (χ4n) is 2.06. The van der Waals surface area contributed by atoms with Gasteiger partial charge >= 0.3 is 0 Å². The number of ketones is 1. The second-order valence-corrected chi connectivity index (χ2v) is 5.80. The van der Waals surface area contributed by atoms with Crippen LogP contribution in [0, 0.1) is 10.1 Å². The second-order valence-electron chi connectivity index (χ2n) is 4.77. The van der Waals surface area contributed by atoms with Crippen molar-refractivity contribution in [2.75, 3.05) is 18.5 Å². The Hall–Kier alpha value is -2.21. The molecule has 0 aliphatic rings. The van der Waals surface area contributed by atoms with Crippen molar-refractivity contribution in [2.24, 2.45) is 0 Å². The van der Waals surface area contributed by atoms with Gasteiger partial charge in [-0.2, -0.15) is 0 Å². The molecular formula is C15H16N2O3S. The maximum atomic E-state index is 11.3. The molecule has 0 N–H and O–H groups in total. The molecule has 1 aromatic carbocycles. The summed E-state index contributed by atoms with van der Waals surface area (Å²) in [6, 6.07) is 8.66. The zero-order valence-corrected chi connectivity index (χ0v) is 12.7. The zero-order valence-electron chi connectivity index (χ0n) is 11.9. The van der Waals surface area contributed by atoms with Gasteiger partial charge in [-0.1, -0.05) is 6.07 Å². The lowest BCUT2D eigenvalue weighted by Crippen LogP contribution is -2.21. The fraction of sp³-hybridized carbons (Fsp3) is 0.267. The summed E-state index contributed by atoms with van der Waals surface area (Å²) in [5.41, 5.74) is 0.857. The van der Waals surface area contributed by atoms with Crippen molar-refractivity contribution in [1.29, 1.82) is 0 Å². The molecular weight excluding hydrogens is 288 g/mol. The minimum absolute atomic E-state index is 0.0311. The SMILES string of the molecule is CC(=O)c1ccc(N(C)CCc2cccs2)c([N+](=O)[O-])c1. The Morgan fingerprint density at radius 3 is 2.71 bits per heavy atom. The van der Waals surface area contributed by atoms with Crippen LogP contribution in [0.4, 0.5) is 11.4 Å². The van der Waals surface area contributed by atoms with E-state index in [-0.39, 0.29) is 11.5 Å². The molecule has 0 unspecified atom stereocenters. The predicted molar refractivity (Wildman–Crippen MR) is 84.4 cm³/mol. The highest BCUT2D eigenvalue weighted by Crippen LogP contribution is 2.29. The van der Waals surface area contributed by atoms with Crippen LogP contribution in [0.2, 0.25) is 0 Å². The topological polar surface area (TPSA) is 63.5 Å². The maximum absolute atomic E-state index is 11.3. The Morgan fingerprint density at radius 2 is 2.14 bits per heavy atom. The summed E-state index contributed by atoms with van der Waals surface area (Å²) in [6.45, 7) is 2.08. The van der Waals surface area contributed by atoms with Gasteiger partial charge in [0.15, 0.2) is 5.78 Å². The van der Waals surface area contributed by atoms with Gasteiger partial charge in [0.05, 0.1) is 4.92 Å². The second kappa shape index (κ2) is 6.49. The molecule has 0 amide bonds. The highest BCUT2D eigenvalue weighted by molar-refractivity contribution is 7.09. The van der Waals surface area contributed by atoms with Crippen LogP contribution in [-0.2, 0) is 6.42 Å². The third-order valence-corrected chi connectivity index (χ3v) is 4.20. The lowest BCUT2D eigenvalue weighted by molar-refractivity contribution is -0.384. The number of benzene rings is 1. The van der Waals surface area contributed by atoms with Crippen LogP contribution in [-0.4, -0.2) is 24.3 Å². The summed E-state index contributed by atoms with van der Waals surface area (Å²) in [4.78, 5) is 25.2. The first-order chi connectivity index (χ1) is 9.99. The molecule has 0 saturated carbocycles. The van der Waals surface area contributed by atoms with E-state index >= 15 is 0 Å². The molecule has 2 rings (SSSR count). The number of hydrogen-bond donors (Lipinski definition) is 0. The highest BCUT2D eigenvalue weighted by atomic mass is 32.1. The summed E-state index contributed by atoms with van der Waals surface area (Å²) in [5, 5.41) is 13.2. The van der Waals surface area contributed by atoms with E-state index in [9.17, 15) is 14.9 Å². The molecule has 0 aliphatic heterocycles. The number of Topliss-reactive ketones (excluding diaryl/α,β-unsaturated/α-hetero) is 1. The quantitative estimate of drug-likeness (QED) is 0.465. The smallest absolute Gasteiger partial charge is 0.293 e. The summed E-state index contributed by atoms with van der Waals surface area (Å²) in [7, 11) is 1.82. The van der Waals surface area contributed by atoms with Gasteiger partial charge in [-0.3, -0.25) is 14.9 Å².